The number of para-hydroxylation sites is 2. The van der Waals surface area contributed by atoms with Crippen molar-refractivity contribution in [3.63, 3.8) is 0 Å². The molecule has 0 radical (unpaired) electrons. The van der Waals surface area contributed by atoms with Gasteiger partial charge in [0.2, 0.25) is 5.91 Å². The Morgan fingerprint density at radius 1 is 1.29 bits per heavy atom. The lowest BCUT2D eigenvalue weighted by atomic mass is 10.2. The Hall–Kier alpha value is -1.63. The molecule has 17 heavy (non-hydrogen) atoms. The van der Waals surface area contributed by atoms with E-state index in [1.807, 2.05) is 0 Å². The molecule has 0 aliphatic carbocycles. The first-order valence-electron chi connectivity index (χ1n) is 5.01. The Morgan fingerprint density at radius 2 is 2.00 bits per heavy atom. The molecule has 5 nitrogen and oxygen atoms in total. The number of amides is 1. The van der Waals surface area contributed by atoms with Crippen molar-refractivity contribution in [3.8, 4) is 5.75 Å². The molecule has 1 saturated heterocycles. The van der Waals surface area contributed by atoms with Crippen molar-refractivity contribution in [2.45, 2.75) is 12.8 Å². The van der Waals surface area contributed by atoms with Gasteiger partial charge in [-0.3, -0.25) is 4.79 Å². The highest BCUT2D eigenvalue weighted by molar-refractivity contribution is 7.81. The number of nitrogens with zero attached hydrogens (tertiary/aromatic N) is 1. The van der Waals surface area contributed by atoms with Crippen LogP contribution in [0.4, 0.5) is 9.57 Å². The minimum absolute atomic E-state index is 0.127. The predicted octanol–water partition coefficient (Wildman–Crippen LogP) is 1.41. The molecule has 92 valence electrons. The number of halogens is 1. The third-order valence-corrected chi connectivity index (χ3v) is 2.80. The van der Waals surface area contributed by atoms with Gasteiger partial charge in [-0.25, -0.2) is 0 Å². The molecule has 1 fully saturated rings. The van der Waals surface area contributed by atoms with Gasteiger partial charge in [-0.05, 0) is 18.6 Å². The van der Waals surface area contributed by atoms with E-state index in [1.165, 1.54) is 23.1 Å². The molecule has 0 saturated carbocycles. The van der Waals surface area contributed by atoms with Gasteiger partial charge in [0.05, 0.1) is 5.69 Å². The Kier molecular flexibility index (Phi) is 3.01. The van der Waals surface area contributed by atoms with E-state index in [2.05, 4.69) is 4.18 Å². The van der Waals surface area contributed by atoms with E-state index in [1.54, 1.807) is 6.07 Å². The van der Waals surface area contributed by atoms with Crippen molar-refractivity contribution in [3.05, 3.63) is 24.3 Å². The van der Waals surface area contributed by atoms with Gasteiger partial charge in [0, 0.05) is 13.0 Å². The van der Waals surface area contributed by atoms with Crippen molar-refractivity contribution in [2.75, 3.05) is 11.4 Å². The second-order valence-corrected chi connectivity index (χ2v) is 4.55. The molecule has 0 aromatic heterocycles. The summed E-state index contributed by atoms with van der Waals surface area (Å²) in [7, 11) is -5.08. The molecule has 0 unspecified atom stereocenters. The first-order valence-corrected chi connectivity index (χ1v) is 6.32. The summed E-state index contributed by atoms with van der Waals surface area (Å²) in [5, 5.41) is 0. The van der Waals surface area contributed by atoms with Crippen molar-refractivity contribution in [2.24, 2.45) is 0 Å². The minimum Gasteiger partial charge on any atom is -0.356 e. The van der Waals surface area contributed by atoms with Crippen molar-refractivity contribution < 1.29 is 21.3 Å². The highest BCUT2D eigenvalue weighted by atomic mass is 32.3. The summed E-state index contributed by atoms with van der Waals surface area (Å²) in [4.78, 5) is 12.9. The molecule has 0 N–H and O–H groups in total. The summed E-state index contributed by atoms with van der Waals surface area (Å²) in [6.07, 6.45) is 1.09. The van der Waals surface area contributed by atoms with Crippen LogP contribution in [0.1, 0.15) is 12.8 Å². The zero-order chi connectivity index (χ0) is 12.5. The summed E-state index contributed by atoms with van der Waals surface area (Å²) < 4.78 is 37.6. The van der Waals surface area contributed by atoms with Gasteiger partial charge in [0.25, 0.3) is 0 Å². The Morgan fingerprint density at radius 3 is 2.59 bits per heavy atom. The lowest BCUT2D eigenvalue weighted by molar-refractivity contribution is -0.117. The summed E-state index contributed by atoms with van der Waals surface area (Å²) in [6, 6.07) is 5.95. The van der Waals surface area contributed by atoms with Crippen molar-refractivity contribution in [1.82, 2.24) is 0 Å². The predicted molar refractivity (Wildman–Crippen MR) is 58.7 cm³/mol. The summed E-state index contributed by atoms with van der Waals surface area (Å²) in [5.41, 5.74) is 0.274. The van der Waals surface area contributed by atoms with Crippen LogP contribution in [0, 0.1) is 0 Å². The number of anilines is 1. The topological polar surface area (TPSA) is 63.7 Å². The van der Waals surface area contributed by atoms with Gasteiger partial charge < -0.3 is 9.08 Å². The van der Waals surface area contributed by atoms with Gasteiger partial charge >= 0.3 is 10.5 Å². The van der Waals surface area contributed by atoms with E-state index < -0.39 is 10.5 Å². The average Bonchev–Trinajstić information content (AvgIpc) is 2.63. The fourth-order valence-electron chi connectivity index (χ4n) is 1.76. The molecule has 2 rings (SSSR count). The standard InChI is InChI=1S/C10H10FNO4S/c11-17(14,15)16-9-5-2-1-4-8(9)12-7-3-6-10(12)13/h1-2,4-5H,3,6-7H2. The maximum Gasteiger partial charge on any atom is 0.488 e. The van der Waals surface area contributed by atoms with Crippen LogP contribution < -0.4 is 9.08 Å². The highest BCUT2D eigenvalue weighted by Gasteiger charge is 2.25. The Balaban J connectivity index is 2.37. The zero-order valence-electron chi connectivity index (χ0n) is 8.80. The fraction of sp³-hybridized carbons (Fsp3) is 0.300. The van der Waals surface area contributed by atoms with Gasteiger partial charge in [-0.15, -0.1) is 0 Å². The molecule has 1 heterocycles. The number of hydrogen-bond acceptors (Lipinski definition) is 4. The molecular weight excluding hydrogens is 249 g/mol. The molecule has 1 aliphatic heterocycles. The average molecular weight is 259 g/mol. The quantitative estimate of drug-likeness (QED) is 0.770. The van der Waals surface area contributed by atoms with Crippen LogP contribution in [0.25, 0.3) is 0 Å². The summed E-state index contributed by atoms with van der Waals surface area (Å²) in [5.74, 6) is -0.303. The first-order chi connectivity index (χ1) is 7.97. The van der Waals surface area contributed by atoms with E-state index in [9.17, 15) is 17.1 Å². The maximum atomic E-state index is 12.5. The lowest BCUT2D eigenvalue weighted by Gasteiger charge is -2.18. The third kappa shape index (κ3) is 2.73. The van der Waals surface area contributed by atoms with Crippen LogP contribution in [0.2, 0.25) is 0 Å². The molecule has 0 bridgehead atoms. The summed E-state index contributed by atoms with van der Waals surface area (Å²) >= 11 is 0. The minimum atomic E-state index is -5.08. The summed E-state index contributed by atoms with van der Waals surface area (Å²) in [6.45, 7) is 0.478. The van der Waals surface area contributed by atoms with Crippen molar-refractivity contribution >= 4 is 22.1 Å². The number of carbonyl (C=O) groups is 1. The largest absolute Gasteiger partial charge is 0.488 e. The van der Waals surface area contributed by atoms with Crippen LogP contribution >= 0.6 is 0 Å². The van der Waals surface area contributed by atoms with E-state index in [0.29, 0.717) is 19.4 Å². The van der Waals surface area contributed by atoms with Crippen LogP contribution in [-0.2, 0) is 15.3 Å². The van der Waals surface area contributed by atoms with Gasteiger partial charge in [0.1, 0.15) is 0 Å². The molecule has 0 spiro atoms. The number of rotatable bonds is 3. The monoisotopic (exact) mass is 259 g/mol. The van der Waals surface area contributed by atoms with Crippen LogP contribution in [0.3, 0.4) is 0 Å². The van der Waals surface area contributed by atoms with E-state index in [0.717, 1.165) is 0 Å². The van der Waals surface area contributed by atoms with E-state index in [4.69, 9.17) is 0 Å². The van der Waals surface area contributed by atoms with Crippen LogP contribution in [0.15, 0.2) is 24.3 Å². The molecule has 1 aliphatic rings. The van der Waals surface area contributed by atoms with Crippen LogP contribution in [-0.4, -0.2) is 20.9 Å². The molecule has 1 amide bonds. The lowest BCUT2D eigenvalue weighted by Crippen LogP contribution is -2.24. The molecule has 0 atom stereocenters. The number of benzene rings is 1. The number of carbonyl (C=O) groups excluding carboxylic acids is 1. The second kappa shape index (κ2) is 4.33. The van der Waals surface area contributed by atoms with Crippen LogP contribution in [0.5, 0.6) is 5.75 Å². The normalized spacial score (nSPS) is 16.3. The second-order valence-electron chi connectivity index (χ2n) is 3.59. The van der Waals surface area contributed by atoms with E-state index >= 15 is 0 Å². The molecule has 7 heteroatoms. The first kappa shape index (κ1) is 11.8. The van der Waals surface area contributed by atoms with Gasteiger partial charge in [0.15, 0.2) is 5.75 Å². The zero-order valence-corrected chi connectivity index (χ0v) is 9.61. The highest BCUT2D eigenvalue weighted by Crippen LogP contribution is 2.32. The fourth-order valence-corrected chi connectivity index (χ4v) is 2.12. The van der Waals surface area contributed by atoms with Crippen molar-refractivity contribution in [1.29, 1.82) is 0 Å². The smallest absolute Gasteiger partial charge is 0.356 e. The number of hydrogen-bond donors (Lipinski definition) is 0. The SMILES string of the molecule is O=C1CCCN1c1ccccc1OS(=O)(=O)F. The maximum absolute atomic E-state index is 12.5. The van der Waals surface area contributed by atoms with Gasteiger partial charge in [-0.1, -0.05) is 16.0 Å². The van der Waals surface area contributed by atoms with E-state index in [-0.39, 0.29) is 17.3 Å². The molecule has 1 aromatic carbocycles. The third-order valence-electron chi connectivity index (χ3n) is 2.42. The van der Waals surface area contributed by atoms with Gasteiger partial charge in [-0.2, -0.15) is 8.42 Å². The molecular formula is C10H10FNO4S. The Bertz CT molecular complexity index is 543. The Labute approximate surface area is 98.2 Å². The molecule has 1 aromatic rings.